The maximum Gasteiger partial charge on any atom is 0.169 e. The fourth-order valence-corrected chi connectivity index (χ4v) is 3.06. The molecule has 3 aromatic rings. The molecule has 30 heavy (non-hydrogen) atoms. The van der Waals surface area contributed by atoms with Crippen LogP contribution in [0.5, 0.6) is 0 Å². The third-order valence-electron chi connectivity index (χ3n) is 4.94. The van der Waals surface area contributed by atoms with Gasteiger partial charge in [0.15, 0.2) is 24.8 Å². The van der Waals surface area contributed by atoms with Crippen molar-refractivity contribution in [3.63, 3.8) is 0 Å². The second kappa shape index (κ2) is 9.96. The van der Waals surface area contributed by atoms with Gasteiger partial charge in [0.1, 0.15) is 13.1 Å². The number of benzene rings is 1. The first-order valence-electron chi connectivity index (χ1n) is 9.99. The molecular formula is C26H24N4+2. The first kappa shape index (κ1) is 20.7. The van der Waals surface area contributed by atoms with Crippen molar-refractivity contribution in [1.82, 2.24) is 0 Å². The molecule has 2 aromatic heterocycles. The number of hydrogen-bond acceptors (Lipinski definition) is 2. The Hall–Kier alpha value is -4.02. The van der Waals surface area contributed by atoms with Crippen LogP contribution in [-0.4, -0.2) is 0 Å². The molecule has 4 heteroatoms. The number of pyridine rings is 2. The quantitative estimate of drug-likeness (QED) is 0.585. The highest BCUT2D eigenvalue weighted by Gasteiger charge is 2.07. The third kappa shape index (κ3) is 5.07. The molecule has 4 nitrogen and oxygen atoms in total. The number of nitrogens with zero attached hydrogens (tertiary/aromatic N) is 4. The van der Waals surface area contributed by atoms with Crippen LogP contribution >= 0.6 is 0 Å². The van der Waals surface area contributed by atoms with E-state index in [1.54, 1.807) is 12.1 Å². The zero-order valence-electron chi connectivity index (χ0n) is 17.3. The number of aromatic nitrogens is 2. The summed E-state index contributed by atoms with van der Waals surface area (Å²) in [6.07, 6.45) is 15.8. The van der Waals surface area contributed by atoms with Crippen LogP contribution in [0.25, 0.3) is 24.3 Å². The molecule has 0 atom stereocenters. The summed E-state index contributed by atoms with van der Waals surface area (Å²) in [5.41, 5.74) is 4.64. The number of hydrogen-bond donors (Lipinski definition) is 0. The minimum atomic E-state index is 0.543. The predicted molar refractivity (Wildman–Crippen MR) is 118 cm³/mol. The van der Waals surface area contributed by atoms with Crippen molar-refractivity contribution in [2.45, 2.75) is 26.9 Å². The van der Waals surface area contributed by atoms with Gasteiger partial charge in [-0.3, -0.25) is 0 Å². The lowest BCUT2D eigenvalue weighted by Gasteiger charge is -2.04. The van der Waals surface area contributed by atoms with Crippen LogP contribution in [0.3, 0.4) is 0 Å². The van der Waals surface area contributed by atoms with Crippen molar-refractivity contribution in [3.8, 4) is 12.1 Å². The van der Waals surface area contributed by atoms with Crippen molar-refractivity contribution in [1.29, 1.82) is 10.5 Å². The van der Waals surface area contributed by atoms with Crippen LogP contribution in [0.2, 0.25) is 0 Å². The Morgan fingerprint density at radius 3 is 1.33 bits per heavy atom. The fourth-order valence-electron chi connectivity index (χ4n) is 3.06. The van der Waals surface area contributed by atoms with Gasteiger partial charge in [-0.1, -0.05) is 24.3 Å². The Bertz CT molecular complexity index is 1060. The molecule has 0 saturated heterocycles. The minimum absolute atomic E-state index is 0.543. The third-order valence-corrected chi connectivity index (χ3v) is 4.94. The molecule has 0 radical (unpaired) electrons. The Morgan fingerprint density at radius 2 is 1.03 bits per heavy atom. The zero-order valence-corrected chi connectivity index (χ0v) is 17.3. The SMILES string of the molecule is CC[n+]1ccc(/C=C/c2cc(C#N)c(/C=C/c3cc[n+](CC)cc3)cc2C#N)cc1. The molecule has 0 aliphatic heterocycles. The fraction of sp³-hybridized carbons (Fsp3) is 0.154. The van der Waals surface area contributed by atoms with Crippen LogP contribution in [-0.2, 0) is 13.1 Å². The van der Waals surface area contributed by atoms with E-state index < -0.39 is 0 Å². The van der Waals surface area contributed by atoms with E-state index in [1.165, 1.54) is 0 Å². The molecule has 0 N–H and O–H groups in total. The average molecular weight is 393 g/mol. The molecule has 0 aliphatic carbocycles. The molecule has 0 saturated carbocycles. The van der Waals surface area contributed by atoms with Crippen molar-refractivity contribution in [2.24, 2.45) is 0 Å². The normalized spacial score (nSPS) is 10.9. The Labute approximate surface area is 177 Å². The summed E-state index contributed by atoms with van der Waals surface area (Å²) in [7, 11) is 0. The van der Waals surface area contributed by atoms with Gasteiger partial charge in [-0.15, -0.1) is 0 Å². The van der Waals surface area contributed by atoms with Crippen LogP contribution in [0.4, 0.5) is 0 Å². The smallest absolute Gasteiger partial charge is 0.169 e. The van der Waals surface area contributed by atoms with Crippen LogP contribution < -0.4 is 9.13 Å². The molecule has 0 aliphatic rings. The van der Waals surface area contributed by atoms with Gasteiger partial charge in [0.05, 0.1) is 23.3 Å². The average Bonchev–Trinajstić information content (AvgIpc) is 2.81. The van der Waals surface area contributed by atoms with Gasteiger partial charge in [-0.2, -0.15) is 10.5 Å². The molecular weight excluding hydrogens is 368 g/mol. The first-order valence-corrected chi connectivity index (χ1v) is 9.99. The Kier molecular flexibility index (Phi) is 6.87. The lowest BCUT2D eigenvalue weighted by molar-refractivity contribution is -0.693. The van der Waals surface area contributed by atoms with Gasteiger partial charge in [0.25, 0.3) is 0 Å². The van der Waals surface area contributed by atoms with Gasteiger partial charge >= 0.3 is 0 Å². The first-order chi connectivity index (χ1) is 14.7. The minimum Gasteiger partial charge on any atom is -0.205 e. The second-order valence-electron chi connectivity index (χ2n) is 6.84. The number of rotatable bonds is 6. The summed E-state index contributed by atoms with van der Waals surface area (Å²) in [4.78, 5) is 0. The van der Waals surface area contributed by atoms with E-state index in [-0.39, 0.29) is 0 Å². The summed E-state index contributed by atoms with van der Waals surface area (Å²) in [6, 6.07) is 16.2. The molecule has 146 valence electrons. The van der Waals surface area contributed by atoms with Gasteiger partial charge in [-0.25, -0.2) is 9.13 Å². The summed E-state index contributed by atoms with van der Waals surface area (Å²) >= 11 is 0. The summed E-state index contributed by atoms with van der Waals surface area (Å²) < 4.78 is 4.17. The second-order valence-corrected chi connectivity index (χ2v) is 6.84. The lowest BCUT2D eigenvalue weighted by Crippen LogP contribution is -2.30. The van der Waals surface area contributed by atoms with Gasteiger partial charge in [0.2, 0.25) is 0 Å². The van der Waals surface area contributed by atoms with Gasteiger partial charge in [0, 0.05) is 24.3 Å². The van der Waals surface area contributed by atoms with Crippen LogP contribution in [0, 0.1) is 22.7 Å². The molecule has 0 bridgehead atoms. The maximum absolute atomic E-state index is 9.62. The largest absolute Gasteiger partial charge is 0.205 e. The van der Waals surface area contributed by atoms with E-state index >= 15 is 0 Å². The molecule has 3 rings (SSSR count). The lowest BCUT2D eigenvalue weighted by atomic mass is 9.98. The van der Waals surface area contributed by atoms with E-state index in [4.69, 9.17) is 0 Å². The Morgan fingerprint density at radius 1 is 0.667 bits per heavy atom. The molecule has 1 aromatic carbocycles. The summed E-state index contributed by atoms with van der Waals surface area (Å²) in [6.45, 7) is 6.02. The van der Waals surface area contributed by atoms with E-state index in [0.717, 1.165) is 35.3 Å². The predicted octanol–water partition coefficient (Wildman–Crippen LogP) is 4.39. The maximum atomic E-state index is 9.62. The molecule has 0 unspecified atom stereocenters. The van der Waals surface area contributed by atoms with Crippen LogP contribution in [0.15, 0.2) is 61.2 Å². The standard InChI is InChI=1S/C26H24N4/c1-3-29-13-9-21(10-14-29)5-7-23-17-26(20-28)24(18-25(23)19-27)8-6-22-11-15-30(4-2)16-12-22/h5-18H,3-4H2,1-2H3/q+2/b7-5+,8-6+. The van der Waals surface area contributed by atoms with Crippen molar-refractivity contribution < 1.29 is 9.13 Å². The molecule has 0 fully saturated rings. The topological polar surface area (TPSA) is 55.3 Å². The highest BCUT2D eigenvalue weighted by molar-refractivity contribution is 5.78. The van der Waals surface area contributed by atoms with E-state index in [9.17, 15) is 10.5 Å². The van der Waals surface area contributed by atoms with Gasteiger partial charge < -0.3 is 0 Å². The Balaban J connectivity index is 1.89. The van der Waals surface area contributed by atoms with Crippen molar-refractivity contribution in [3.05, 3.63) is 94.6 Å². The number of aryl methyl sites for hydroxylation is 2. The monoisotopic (exact) mass is 392 g/mol. The van der Waals surface area contributed by atoms with Crippen molar-refractivity contribution >= 4 is 24.3 Å². The van der Waals surface area contributed by atoms with Crippen molar-refractivity contribution in [2.75, 3.05) is 0 Å². The zero-order chi connectivity index (χ0) is 21.3. The van der Waals surface area contributed by atoms with E-state index in [1.807, 2.05) is 73.4 Å². The van der Waals surface area contributed by atoms with Crippen LogP contribution in [0.1, 0.15) is 47.2 Å². The summed E-state index contributed by atoms with van der Waals surface area (Å²) in [5, 5.41) is 19.2. The van der Waals surface area contributed by atoms with E-state index in [2.05, 4.69) is 35.1 Å². The van der Waals surface area contributed by atoms with E-state index in [0.29, 0.717) is 11.1 Å². The summed E-state index contributed by atoms with van der Waals surface area (Å²) in [5.74, 6) is 0. The molecule has 0 spiro atoms. The van der Waals surface area contributed by atoms with Gasteiger partial charge in [-0.05, 0) is 48.2 Å². The highest BCUT2D eigenvalue weighted by atomic mass is 14.9. The molecule has 0 amide bonds. The molecule has 2 heterocycles. The highest BCUT2D eigenvalue weighted by Crippen LogP contribution is 2.21. The number of nitriles is 2.